The van der Waals surface area contributed by atoms with Gasteiger partial charge in [0.2, 0.25) is 0 Å². The highest BCUT2D eigenvalue weighted by Gasteiger charge is 2.43. The van der Waals surface area contributed by atoms with Crippen molar-refractivity contribution in [1.29, 1.82) is 0 Å². The van der Waals surface area contributed by atoms with Gasteiger partial charge in [0, 0.05) is 0 Å². The van der Waals surface area contributed by atoms with Crippen LogP contribution in [0.25, 0.3) is 0 Å². The van der Waals surface area contributed by atoms with E-state index in [-0.39, 0.29) is 5.41 Å². The summed E-state index contributed by atoms with van der Waals surface area (Å²) in [4.78, 5) is 11.0. The molecule has 1 fully saturated rings. The van der Waals surface area contributed by atoms with Crippen LogP contribution in [0.3, 0.4) is 0 Å². The lowest BCUT2D eigenvalue weighted by Gasteiger charge is -2.37. The molecule has 2 nitrogen and oxygen atoms in total. The Morgan fingerprint density at radius 3 is 2.54 bits per heavy atom. The Hall–Kier alpha value is -0.180. The van der Waals surface area contributed by atoms with Crippen LogP contribution in [0.4, 0.5) is 0 Å². The molecular weight excluding hydrogens is 184 g/mol. The molecule has 0 unspecified atom stereocenters. The normalized spacial score (nSPS) is 19.5. The number of carboxylic acids is 1. The van der Waals surface area contributed by atoms with Gasteiger partial charge in [0.15, 0.2) is 0 Å². The van der Waals surface area contributed by atoms with E-state index in [0.717, 1.165) is 44.3 Å². The maximum absolute atomic E-state index is 11.0. The second-order valence-electron chi connectivity index (χ2n) is 3.89. The molecule has 1 aliphatic carbocycles. The first-order valence-corrected chi connectivity index (χ1v) is 6.33. The van der Waals surface area contributed by atoms with E-state index in [1.807, 2.05) is 11.8 Å². The summed E-state index contributed by atoms with van der Waals surface area (Å²) in [6.07, 6.45) is 8.14. The lowest BCUT2D eigenvalue weighted by atomic mass is 9.66. The van der Waals surface area contributed by atoms with E-state index in [9.17, 15) is 4.79 Å². The third-order valence-electron chi connectivity index (χ3n) is 3.02. The van der Waals surface area contributed by atoms with E-state index in [4.69, 9.17) is 5.11 Å². The van der Waals surface area contributed by atoms with Crippen molar-refractivity contribution in [3.05, 3.63) is 0 Å². The zero-order valence-corrected chi connectivity index (χ0v) is 9.03. The van der Waals surface area contributed by atoms with Gasteiger partial charge in [-0.2, -0.15) is 11.8 Å². The molecule has 0 bridgehead atoms. The zero-order chi connectivity index (χ0) is 9.73. The molecule has 0 aromatic heterocycles. The minimum atomic E-state index is -0.567. The molecule has 0 amide bonds. The summed E-state index contributed by atoms with van der Waals surface area (Å²) >= 11 is 1.84. The predicted molar refractivity (Wildman–Crippen MR) is 56.2 cm³/mol. The number of thioether (sulfide) groups is 1. The summed E-state index contributed by atoms with van der Waals surface area (Å²) < 4.78 is 0. The van der Waals surface area contributed by atoms with E-state index in [2.05, 4.69) is 6.26 Å². The van der Waals surface area contributed by atoms with Crippen LogP contribution < -0.4 is 0 Å². The average molecular weight is 202 g/mol. The SMILES string of the molecule is CSCCCCC1(C(=O)O)CCC1. The van der Waals surface area contributed by atoms with Crippen molar-refractivity contribution in [1.82, 2.24) is 0 Å². The van der Waals surface area contributed by atoms with Gasteiger partial charge >= 0.3 is 5.97 Å². The second-order valence-corrected chi connectivity index (χ2v) is 4.87. The molecule has 3 heteroatoms. The molecule has 0 aromatic rings. The van der Waals surface area contributed by atoms with Gasteiger partial charge in [0.1, 0.15) is 0 Å². The zero-order valence-electron chi connectivity index (χ0n) is 8.21. The maximum Gasteiger partial charge on any atom is 0.309 e. The summed E-state index contributed by atoms with van der Waals surface area (Å²) in [7, 11) is 0. The minimum absolute atomic E-state index is 0.321. The maximum atomic E-state index is 11.0. The molecule has 1 rings (SSSR count). The van der Waals surface area contributed by atoms with E-state index >= 15 is 0 Å². The van der Waals surface area contributed by atoms with Gasteiger partial charge in [-0.1, -0.05) is 12.8 Å². The highest BCUT2D eigenvalue weighted by Crippen LogP contribution is 2.45. The molecule has 0 atom stereocenters. The number of carbonyl (C=O) groups is 1. The standard InChI is InChI=1S/C10H18O2S/c1-13-8-3-2-5-10(9(11)12)6-4-7-10/h2-8H2,1H3,(H,11,12). The topological polar surface area (TPSA) is 37.3 Å². The Labute approximate surface area is 84.1 Å². The average Bonchev–Trinajstić information content (AvgIpc) is 2.01. The van der Waals surface area contributed by atoms with Crippen LogP contribution in [0.1, 0.15) is 38.5 Å². The predicted octanol–water partition coefficient (Wildman–Crippen LogP) is 2.77. The van der Waals surface area contributed by atoms with Crippen molar-refractivity contribution in [2.45, 2.75) is 38.5 Å². The van der Waals surface area contributed by atoms with Gasteiger partial charge in [0.05, 0.1) is 5.41 Å². The first-order valence-electron chi connectivity index (χ1n) is 4.94. The Morgan fingerprint density at radius 2 is 2.15 bits per heavy atom. The number of hydrogen-bond acceptors (Lipinski definition) is 2. The third-order valence-corrected chi connectivity index (χ3v) is 3.72. The number of rotatable bonds is 6. The van der Waals surface area contributed by atoms with Crippen LogP contribution in [-0.2, 0) is 4.79 Å². The largest absolute Gasteiger partial charge is 0.481 e. The number of unbranched alkanes of at least 4 members (excludes halogenated alkanes) is 1. The molecule has 13 heavy (non-hydrogen) atoms. The van der Waals surface area contributed by atoms with E-state index in [0.29, 0.717) is 0 Å². The van der Waals surface area contributed by atoms with Gasteiger partial charge in [-0.15, -0.1) is 0 Å². The number of aliphatic carboxylic acids is 1. The minimum Gasteiger partial charge on any atom is -0.481 e. The quantitative estimate of drug-likeness (QED) is 0.673. The van der Waals surface area contributed by atoms with Crippen LogP contribution in [0.15, 0.2) is 0 Å². The van der Waals surface area contributed by atoms with E-state index in [1.165, 1.54) is 0 Å². The molecule has 0 aromatic carbocycles. The highest BCUT2D eigenvalue weighted by atomic mass is 32.2. The molecule has 76 valence electrons. The highest BCUT2D eigenvalue weighted by molar-refractivity contribution is 7.98. The lowest BCUT2D eigenvalue weighted by Crippen LogP contribution is -2.37. The van der Waals surface area contributed by atoms with E-state index < -0.39 is 5.97 Å². The summed E-state index contributed by atoms with van der Waals surface area (Å²) in [5, 5.41) is 9.04. The molecule has 0 spiro atoms. The van der Waals surface area contributed by atoms with Crippen LogP contribution in [0.5, 0.6) is 0 Å². The Morgan fingerprint density at radius 1 is 1.46 bits per heavy atom. The molecule has 0 saturated heterocycles. The van der Waals surface area contributed by atoms with Crippen molar-refractivity contribution in [3.63, 3.8) is 0 Å². The van der Waals surface area contributed by atoms with Crippen LogP contribution in [-0.4, -0.2) is 23.1 Å². The van der Waals surface area contributed by atoms with Crippen molar-refractivity contribution in [3.8, 4) is 0 Å². The fourth-order valence-electron chi connectivity index (χ4n) is 1.88. The first kappa shape index (κ1) is 10.9. The Balaban J connectivity index is 2.21. The Kier molecular flexibility index (Phi) is 4.10. The molecule has 1 aliphatic rings. The summed E-state index contributed by atoms with van der Waals surface area (Å²) in [6.45, 7) is 0. The molecule has 0 heterocycles. The van der Waals surface area contributed by atoms with Crippen molar-refractivity contribution >= 4 is 17.7 Å². The molecule has 0 aliphatic heterocycles. The van der Waals surface area contributed by atoms with E-state index in [1.54, 1.807) is 0 Å². The van der Waals surface area contributed by atoms with Crippen molar-refractivity contribution in [2.24, 2.45) is 5.41 Å². The fraction of sp³-hybridized carbons (Fsp3) is 0.900. The molecule has 1 saturated carbocycles. The monoisotopic (exact) mass is 202 g/mol. The van der Waals surface area contributed by atoms with Crippen molar-refractivity contribution in [2.75, 3.05) is 12.0 Å². The van der Waals surface area contributed by atoms with Crippen LogP contribution in [0, 0.1) is 5.41 Å². The van der Waals surface area contributed by atoms with Gasteiger partial charge in [-0.25, -0.2) is 0 Å². The summed E-state index contributed by atoms with van der Waals surface area (Å²) in [5.41, 5.74) is -0.321. The van der Waals surface area contributed by atoms with Crippen molar-refractivity contribution < 1.29 is 9.90 Å². The molecular formula is C10H18O2S. The summed E-state index contributed by atoms with van der Waals surface area (Å²) in [5.74, 6) is 0.596. The van der Waals surface area contributed by atoms with Gasteiger partial charge in [-0.05, 0) is 37.7 Å². The molecule has 0 radical (unpaired) electrons. The second kappa shape index (κ2) is 4.89. The molecule has 1 N–H and O–H groups in total. The van der Waals surface area contributed by atoms with Gasteiger partial charge < -0.3 is 5.11 Å². The van der Waals surface area contributed by atoms with Crippen LogP contribution in [0.2, 0.25) is 0 Å². The summed E-state index contributed by atoms with van der Waals surface area (Å²) in [6, 6.07) is 0. The van der Waals surface area contributed by atoms with Crippen LogP contribution >= 0.6 is 11.8 Å². The smallest absolute Gasteiger partial charge is 0.309 e. The van der Waals surface area contributed by atoms with Gasteiger partial charge in [0.25, 0.3) is 0 Å². The third kappa shape index (κ3) is 2.63. The Bertz CT molecular complexity index is 176. The first-order chi connectivity index (χ1) is 6.21. The lowest BCUT2D eigenvalue weighted by molar-refractivity contribution is -0.155. The van der Waals surface area contributed by atoms with Gasteiger partial charge in [-0.3, -0.25) is 4.79 Å². The number of hydrogen-bond donors (Lipinski definition) is 1. The number of carboxylic acid groups (broad SMARTS) is 1. The fourth-order valence-corrected chi connectivity index (χ4v) is 2.38.